The van der Waals surface area contributed by atoms with Gasteiger partial charge in [0, 0.05) is 12.5 Å². The van der Waals surface area contributed by atoms with Crippen LogP contribution in [-0.2, 0) is 13.0 Å². The lowest BCUT2D eigenvalue weighted by Gasteiger charge is -2.15. The summed E-state index contributed by atoms with van der Waals surface area (Å²) in [5.74, 6) is 2.38. The van der Waals surface area contributed by atoms with Crippen LogP contribution < -0.4 is 5.32 Å². The molecule has 0 aromatic carbocycles. The Balaban J connectivity index is 2.37. The molecule has 0 aliphatic carbocycles. The highest BCUT2D eigenvalue weighted by Gasteiger charge is 2.08. The Hall–Kier alpha value is -0.830. The minimum absolute atomic E-state index is 0.493. The van der Waals surface area contributed by atoms with Crippen molar-refractivity contribution in [2.45, 2.75) is 46.7 Å². The van der Waals surface area contributed by atoms with E-state index >= 15 is 0 Å². The van der Waals surface area contributed by atoms with E-state index in [2.05, 4.69) is 38.0 Å². The minimum Gasteiger partial charge on any atom is -0.444 e. The van der Waals surface area contributed by atoms with Crippen LogP contribution in [0.3, 0.4) is 0 Å². The number of aromatic nitrogens is 1. The van der Waals surface area contributed by atoms with Crippen LogP contribution in [0.2, 0.25) is 0 Å². The average molecular weight is 196 g/mol. The Bertz CT molecular complexity index is 268. The number of aryl methyl sites for hydroxylation is 1. The monoisotopic (exact) mass is 196 g/mol. The molecule has 3 nitrogen and oxygen atoms in total. The van der Waals surface area contributed by atoms with E-state index in [0.29, 0.717) is 12.0 Å². The molecule has 0 saturated heterocycles. The van der Waals surface area contributed by atoms with Gasteiger partial charge in [-0.15, -0.1) is 0 Å². The fraction of sp³-hybridized carbons (Fsp3) is 0.727. The molecule has 3 heteroatoms. The lowest BCUT2D eigenvalue weighted by molar-refractivity contribution is 0.381. The Labute approximate surface area is 85.9 Å². The van der Waals surface area contributed by atoms with Gasteiger partial charge in [0.15, 0.2) is 0 Å². The zero-order chi connectivity index (χ0) is 10.6. The maximum atomic E-state index is 5.49. The number of oxazole rings is 1. The van der Waals surface area contributed by atoms with E-state index in [4.69, 9.17) is 4.42 Å². The van der Waals surface area contributed by atoms with Crippen LogP contribution in [0.1, 0.15) is 39.3 Å². The van der Waals surface area contributed by atoms with Gasteiger partial charge in [-0.2, -0.15) is 0 Å². The first-order chi connectivity index (χ1) is 6.63. The molecular weight excluding hydrogens is 176 g/mol. The van der Waals surface area contributed by atoms with Crippen molar-refractivity contribution in [2.24, 2.45) is 5.92 Å². The molecule has 0 radical (unpaired) electrons. The second kappa shape index (κ2) is 5.15. The fourth-order valence-electron chi connectivity index (χ4n) is 1.08. The summed E-state index contributed by atoms with van der Waals surface area (Å²) in [5.41, 5.74) is 0. The van der Waals surface area contributed by atoms with E-state index in [-0.39, 0.29) is 0 Å². The van der Waals surface area contributed by atoms with Gasteiger partial charge in [-0.3, -0.25) is 0 Å². The first-order valence-electron chi connectivity index (χ1n) is 5.30. The molecule has 1 heterocycles. The van der Waals surface area contributed by atoms with Crippen LogP contribution in [0.25, 0.3) is 0 Å². The van der Waals surface area contributed by atoms with Crippen molar-refractivity contribution in [3.8, 4) is 0 Å². The van der Waals surface area contributed by atoms with Gasteiger partial charge in [-0.05, 0) is 12.8 Å². The number of hydrogen-bond acceptors (Lipinski definition) is 3. The molecule has 14 heavy (non-hydrogen) atoms. The molecule has 0 bridgehead atoms. The highest BCUT2D eigenvalue weighted by Crippen LogP contribution is 2.05. The highest BCUT2D eigenvalue weighted by atomic mass is 16.4. The second-order valence-electron chi connectivity index (χ2n) is 3.99. The normalized spacial score (nSPS) is 13.5. The first kappa shape index (κ1) is 11.2. The summed E-state index contributed by atoms with van der Waals surface area (Å²) in [6, 6.07) is 0.493. The summed E-state index contributed by atoms with van der Waals surface area (Å²) in [6.45, 7) is 9.36. The summed E-state index contributed by atoms with van der Waals surface area (Å²) in [6.07, 6.45) is 2.71. The van der Waals surface area contributed by atoms with Crippen LogP contribution in [0.15, 0.2) is 10.6 Å². The van der Waals surface area contributed by atoms with Gasteiger partial charge in [-0.25, -0.2) is 4.98 Å². The van der Waals surface area contributed by atoms with Crippen molar-refractivity contribution < 1.29 is 4.42 Å². The third-order valence-electron chi connectivity index (χ3n) is 2.53. The predicted octanol–water partition coefficient (Wildman–Crippen LogP) is 2.37. The summed E-state index contributed by atoms with van der Waals surface area (Å²) in [4.78, 5) is 4.19. The summed E-state index contributed by atoms with van der Waals surface area (Å²) < 4.78 is 5.49. The third-order valence-corrected chi connectivity index (χ3v) is 2.53. The van der Waals surface area contributed by atoms with Gasteiger partial charge in [-0.1, -0.05) is 20.8 Å². The van der Waals surface area contributed by atoms with E-state index in [1.165, 1.54) is 0 Å². The fourth-order valence-corrected chi connectivity index (χ4v) is 1.08. The lowest BCUT2D eigenvalue weighted by atomic mass is 10.1. The van der Waals surface area contributed by atoms with Crippen LogP contribution in [0.4, 0.5) is 0 Å². The standard InChI is InChI=1S/C11H20N2O/c1-5-10-6-13-11(14-10)7-12-9(4)8(2)3/h6,8-9,12H,5,7H2,1-4H3. The van der Waals surface area contributed by atoms with Crippen molar-refractivity contribution in [3.05, 3.63) is 17.8 Å². The highest BCUT2D eigenvalue weighted by molar-refractivity contribution is 4.93. The molecule has 0 aliphatic heterocycles. The summed E-state index contributed by atoms with van der Waals surface area (Å²) in [5, 5.41) is 3.38. The van der Waals surface area contributed by atoms with Gasteiger partial charge >= 0.3 is 0 Å². The number of nitrogens with zero attached hydrogens (tertiary/aromatic N) is 1. The Morgan fingerprint density at radius 2 is 2.14 bits per heavy atom. The molecule has 0 fully saturated rings. The van der Waals surface area contributed by atoms with Crippen molar-refractivity contribution in [2.75, 3.05) is 0 Å². The maximum absolute atomic E-state index is 5.49. The van der Waals surface area contributed by atoms with E-state index in [1.54, 1.807) is 6.20 Å². The van der Waals surface area contributed by atoms with Crippen molar-refractivity contribution in [3.63, 3.8) is 0 Å². The van der Waals surface area contributed by atoms with Gasteiger partial charge < -0.3 is 9.73 Å². The van der Waals surface area contributed by atoms with E-state index < -0.39 is 0 Å². The molecule has 1 rings (SSSR count). The summed E-state index contributed by atoms with van der Waals surface area (Å²) in [7, 11) is 0. The maximum Gasteiger partial charge on any atom is 0.208 e. The Kier molecular flexibility index (Phi) is 4.14. The third kappa shape index (κ3) is 3.14. The zero-order valence-electron chi connectivity index (χ0n) is 9.50. The van der Waals surface area contributed by atoms with Crippen molar-refractivity contribution in [1.82, 2.24) is 10.3 Å². The van der Waals surface area contributed by atoms with Crippen LogP contribution >= 0.6 is 0 Å². The molecule has 1 N–H and O–H groups in total. The van der Waals surface area contributed by atoms with Crippen LogP contribution in [0.5, 0.6) is 0 Å². The largest absolute Gasteiger partial charge is 0.444 e. The molecular formula is C11H20N2O. The van der Waals surface area contributed by atoms with Gasteiger partial charge in [0.05, 0.1) is 12.7 Å². The number of rotatable bonds is 5. The van der Waals surface area contributed by atoms with Gasteiger partial charge in [0.25, 0.3) is 0 Å². The zero-order valence-corrected chi connectivity index (χ0v) is 9.50. The second-order valence-corrected chi connectivity index (χ2v) is 3.99. The molecule has 0 saturated carbocycles. The molecule has 1 aromatic heterocycles. The quantitative estimate of drug-likeness (QED) is 0.785. The molecule has 0 aliphatic rings. The predicted molar refractivity (Wildman–Crippen MR) is 57.0 cm³/mol. The van der Waals surface area contributed by atoms with Crippen LogP contribution in [0, 0.1) is 5.92 Å². The van der Waals surface area contributed by atoms with E-state index in [1.807, 2.05) is 0 Å². The number of hydrogen-bond donors (Lipinski definition) is 1. The lowest BCUT2D eigenvalue weighted by Crippen LogP contribution is -2.30. The molecule has 1 atom stereocenters. The van der Waals surface area contributed by atoms with Gasteiger partial charge in [0.2, 0.25) is 5.89 Å². The smallest absolute Gasteiger partial charge is 0.208 e. The van der Waals surface area contributed by atoms with E-state index in [9.17, 15) is 0 Å². The molecule has 1 aromatic rings. The van der Waals surface area contributed by atoms with Gasteiger partial charge in [0.1, 0.15) is 5.76 Å². The van der Waals surface area contributed by atoms with E-state index in [0.717, 1.165) is 24.6 Å². The molecule has 0 spiro atoms. The average Bonchev–Trinajstić information content (AvgIpc) is 2.61. The molecule has 0 amide bonds. The van der Waals surface area contributed by atoms with Crippen molar-refractivity contribution >= 4 is 0 Å². The topological polar surface area (TPSA) is 38.1 Å². The summed E-state index contributed by atoms with van der Waals surface area (Å²) >= 11 is 0. The van der Waals surface area contributed by atoms with Crippen molar-refractivity contribution in [1.29, 1.82) is 0 Å². The minimum atomic E-state index is 0.493. The Morgan fingerprint density at radius 3 is 2.64 bits per heavy atom. The molecule has 80 valence electrons. The van der Waals surface area contributed by atoms with Crippen LogP contribution in [-0.4, -0.2) is 11.0 Å². The Morgan fingerprint density at radius 1 is 1.43 bits per heavy atom. The first-order valence-corrected chi connectivity index (χ1v) is 5.30. The SMILES string of the molecule is CCc1cnc(CNC(C)C(C)C)o1. The molecule has 1 unspecified atom stereocenters. The number of nitrogens with one attached hydrogen (secondary N) is 1.